The van der Waals surface area contributed by atoms with Crippen molar-refractivity contribution in [1.82, 2.24) is 9.97 Å². The van der Waals surface area contributed by atoms with Gasteiger partial charge in [-0.25, -0.2) is 14.8 Å². The first kappa shape index (κ1) is 17.3. The molecule has 0 radical (unpaired) electrons. The number of nitrogens with zero attached hydrogens (tertiary/aromatic N) is 2. The summed E-state index contributed by atoms with van der Waals surface area (Å²) in [5.41, 5.74) is 0.613. The highest BCUT2D eigenvalue weighted by Crippen LogP contribution is 2.24. The molecule has 0 saturated carbocycles. The van der Waals surface area contributed by atoms with Crippen LogP contribution in [0.4, 0.5) is 29.3 Å². The predicted octanol–water partition coefficient (Wildman–Crippen LogP) is 3.42. The maximum Gasteiger partial charge on any atom is 0.573 e. The van der Waals surface area contributed by atoms with Crippen LogP contribution in [0.2, 0.25) is 0 Å². The monoisotopic (exact) mass is 342 g/mol. The normalized spacial score (nSPS) is 10.8. The van der Waals surface area contributed by atoms with Crippen LogP contribution in [0.1, 0.15) is 6.92 Å². The van der Waals surface area contributed by atoms with Crippen molar-refractivity contribution >= 4 is 17.4 Å². The molecule has 0 fully saturated rings. The molecule has 0 aliphatic carbocycles. The maximum absolute atomic E-state index is 12.0. The number of nitrogens with one attached hydrogen (secondary N) is 2. The predicted molar refractivity (Wildman–Crippen MR) is 79.0 cm³/mol. The number of amides is 2. The SMILES string of the molecule is CCOc1ncc(NC(=O)Nc2ccc(OC(F)(F)F)cc2)cn1. The number of aromatic nitrogens is 2. The van der Waals surface area contributed by atoms with Crippen molar-refractivity contribution in [2.24, 2.45) is 0 Å². The molecule has 128 valence electrons. The van der Waals surface area contributed by atoms with Crippen LogP contribution in [0.3, 0.4) is 0 Å². The Labute approximate surface area is 134 Å². The third-order valence-electron chi connectivity index (χ3n) is 2.51. The lowest BCUT2D eigenvalue weighted by Gasteiger charge is -2.10. The molecule has 10 heteroatoms. The van der Waals surface area contributed by atoms with Gasteiger partial charge in [0.15, 0.2) is 0 Å². The van der Waals surface area contributed by atoms with E-state index < -0.39 is 12.4 Å². The minimum absolute atomic E-state index is 0.184. The fraction of sp³-hybridized carbons (Fsp3) is 0.214. The van der Waals surface area contributed by atoms with Gasteiger partial charge in [0.05, 0.1) is 24.7 Å². The van der Waals surface area contributed by atoms with Crippen LogP contribution in [-0.4, -0.2) is 29.0 Å². The molecule has 0 unspecified atom stereocenters. The second-order valence-corrected chi connectivity index (χ2v) is 4.34. The maximum atomic E-state index is 12.0. The summed E-state index contributed by atoms with van der Waals surface area (Å²) in [6.07, 6.45) is -2.05. The van der Waals surface area contributed by atoms with Crippen LogP contribution in [0.5, 0.6) is 11.8 Å². The molecule has 7 nitrogen and oxygen atoms in total. The van der Waals surface area contributed by atoms with Gasteiger partial charge in [-0.15, -0.1) is 13.2 Å². The average Bonchev–Trinajstić information content (AvgIpc) is 2.50. The van der Waals surface area contributed by atoms with Crippen LogP contribution in [0.15, 0.2) is 36.7 Å². The topological polar surface area (TPSA) is 85.4 Å². The van der Waals surface area contributed by atoms with Crippen LogP contribution >= 0.6 is 0 Å². The number of anilines is 2. The number of rotatable bonds is 5. The first-order valence-corrected chi connectivity index (χ1v) is 6.74. The number of carbonyl (C=O) groups is 1. The van der Waals surface area contributed by atoms with Crippen LogP contribution in [0, 0.1) is 0 Å². The van der Waals surface area contributed by atoms with E-state index in [4.69, 9.17) is 4.74 Å². The summed E-state index contributed by atoms with van der Waals surface area (Å²) in [5.74, 6) is -0.381. The Bertz CT molecular complexity index is 675. The standard InChI is InChI=1S/C14H13F3N4O3/c1-2-23-13-18-7-10(8-19-13)21-12(22)20-9-3-5-11(6-4-9)24-14(15,16)17/h3-8H,2H2,1H3,(H2,20,21,22). The molecule has 24 heavy (non-hydrogen) atoms. The van der Waals surface area contributed by atoms with Crippen molar-refractivity contribution in [3.63, 3.8) is 0 Å². The van der Waals surface area contributed by atoms with Crippen molar-refractivity contribution in [2.45, 2.75) is 13.3 Å². The average molecular weight is 342 g/mol. The highest BCUT2D eigenvalue weighted by molar-refractivity contribution is 5.99. The molecule has 2 N–H and O–H groups in total. The van der Waals surface area contributed by atoms with Crippen molar-refractivity contribution in [2.75, 3.05) is 17.2 Å². The van der Waals surface area contributed by atoms with Gasteiger partial charge in [-0.3, -0.25) is 0 Å². The lowest BCUT2D eigenvalue weighted by atomic mass is 10.3. The third kappa shape index (κ3) is 5.63. The molecule has 2 aromatic rings. The van der Waals surface area contributed by atoms with Crippen LogP contribution < -0.4 is 20.1 Å². The number of hydrogen-bond acceptors (Lipinski definition) is 5. The van der Waals surface area contributed by atoms with Gasteiger partial charge in [-0.05, 0) is 31.2 Å². The zero-order valence-electron chi connectivity index (χ0n) is 12.4. The van der Waals surface area contributed by atoms with Crippen molar-refractivity contribution in [1.29, 1.82) is 0 Å². The number of carbonyl (C=O) groups excluding carboxylic acids is 1. The Balaban J connectivity index is 1.89. The van der Waals surface area contributed by atoms with Crippen molar-refractivity contribution in [3.8, 4) is 11.8 Å². The first-order chi connectivity index (χ1) is 11.4. The summed E-state index contributed by atoms with van der Waals surface area (Å²) < 4.78 is 44.9. The van der Waals surface area contributed by atoms with Crippen molar-refractivity contribution in [3.05, 3.63) is 36.7 Å². The summed E-state index contributed by atoms with van der Waals surface area (Å²) >= 11 is 0. The minimum atomic E-state index is -4.76. The highest BCUT2D eigenvalue weighted by atomic mass is 19.4. The van der Waals surface area contributed by atoms with Gasteiger partial charge in [0, 0.05) is 5.69 Å². The Hall–Kier alpha value is -3.04. The Kier molecular flexibility index (Phi) is 5.40. The lowest BCUT2D eigenvalue weighted by Crippen LogP contribution is -2.20. The Morgan fingerprint density at radius 2 is 1.67 bits per heavy atom. The summed E-state index contributed by atoms with van der Waals surface area (Å²) in [5, 5.41) is 4.92. The lowest BCUT2D eigenvalue weighted by molar-refractivity contribution is -0.274. The molecular formula is C14H13F3N4O3. The van der Waals surface area contributed by atoms with E-state index in [0.717, 1.165) is 12.1 Å². The van der Waals surface area contributed by atoms with E-state index in [2.05, 4.69) is 25.3 Å². The molecule has 0 saturated heterocycles. The summed E-state index contributed by atoms with van der Waals surface area (Å²) in [7, 11) is 0. The van der Waals surface area contributed by atoms with Gasteiger partial charge >= 0.3 is 18.4 Å². The van der Waals surface area contributed by atoms with Gasteiger partial charge in [0.2, 0.25) is 0 Å². The minimum Gasteiger partial charge on any atom is -0.464 e. The van der Waals surface area contributed by atoms with Gasteiger partial charge in [-0.2, -0.15) is 0 Å². The molecule has 0 aliphatic rings. The molecule has 2 amide bonds. The second kappa shape index (κ2) is 7.49. The fourth-order valence-corrected chi connectivity index (χ4v) is 1.62. The zero-order valence-corrected chi connectivity index (χ0v) is 12.4. The summed E-state index contributed by atoms with van der Waals surface area (Å²) in [6.45, 7) is 2.20. The van der Waals surface area contributed by atoms with Gasteiger partial charge in [0.25, 0.3) is 0 Å². The molecular weight excluding hydrogens is 329 g/mol. The molecule has 0 spiro atoms. The molecule has 1 aromatic carbocycles. The largest absolute Gasteiger partial charge is 0.573 e. The number of benzene rings is 1. The van der Waals surface area contributed by atoms with Crippen LogP contribution in [-0.2, 0) is 0 Å². The molecule has 1 heterocycles. The highest BCUT2D eigenvalue weighted by Gasteiger charge is 2.30. The molecule has 1 aromatic heterocycles. The van der Waals surface area contributed by atoms with E-state index >= 15 is 0 Å². The third-order valence-corrected chi connectivity index (χ3v) is 2.51. The quantitative estimate of drug-likeness (QED) is 0.870. The zero-order chi connectivity index (χ0) is 17.6. The van der Waals surface area contributed by atoms with E-state index in [1.54, 1.807) is 6.92 Å². The summed E-state index contributed by atoms with van der Waals surface area (Å²) in [4.78, 5) is 19.5. The van der Waals surface area contributed by atoms with E-state index in [1.807, 2.05) is 0 Å². The molecule has 0 bridgehead atoms. The van der Waals surface area contributed by atoms with Crippen molar-refractivity contribution < 1.29 is 27.4 Å². The van der Waals surface area contributed by atoms with E-state index in [9.17, 15) is 18.0 Å². The molecule has 2 rings (SSSR count). The molecule has 0 atom stereocenters. The fourth-order valence-electron chi connectivity index (χ4n) is 1.62. The number of hydrogen-bond donors (Lipinski definition) is 2. The summed E-state index contributed by atoms with van der Waals surface area (Å²) in [6, 6.07) is 4.30. The van der Waals surface area contributed by atoms with Gasteiger partial charge < -0.3 is 20.1 Å². The van der Waals surface area contributed by atoms with Crippen LogP contribution in [0.25, 0.3) is 0 Å². The second-order valence-electron chi connectivity index (χ2n) is 4.34. The Morgan fingerprint density at radius 1 is 1.08 bits per heavy atom. The van der Waals surface area contributed by atoms with E-state index in [-0.39, 0.29) is 17.4 Å². The molecule has 0 aliphatic heterocycles. The van der Waals surface area contributed by atoms with Gasteiger partial charge in [0.1, 0.15) is 5.75 Å². The smallest absolute Gasteiger partial charge is 0.464 e. The number of halogens is 3. The number of ether oxygens (including phenoxy) is 2. The Morgan fingerprint density at radius 3 is 2.21 bits per heavy atom. The van der Waals surface area contributed by atoms with E-state index in [0.29, 0.717) is 12.3 Å². The van der Waals surface area contributed by atoms with E-state index in [1.165, 1.54) is 24.5 Å². The van der Waals surface area contributed by atoms with Gasteiger partial charge in [-0.1, -0.05) is 0 Å². The number of alkyl halides is 3. The first-order valence-electron chi connectivity index (χ1n) is 6.74. The number of urea groups is 1.